The first-order valence-corrected chi connectivity index (χ1v) is 7.61. The monoisotopic (exact) mass is 339 g/mol. The molecule has 0 saturated carbocycles. The average Bonchev–Trinajstić information content (AvgIpc) is 2.63. The maximum Gasteiger partial charge on any atom is 0.270 e. The minimum atomic E-state index is -0.281. The topological polar surface area (TPSA) is 79.8 Å². The van der Waals surface area contributed by atoms with E-state index in [4.69, 9.17) is 11.6 Å². The largest absolute Gasteiger partial charge is 0.347 e. The number of hydrogen-bond acceptors (Lipinski definition) is 5. The van der Waals surface area contributed by atoms with Gasteiger partial charge in [0.05, 0.1) is 10.7 Å². The van der Waals surface area contributed by atoms with Crippen molar-refractivity contribution in [3.05, 3.63) is 77.5 Å². The highest BCUT2D eigenvalue weighted by Gasteiger charge is 2.09. The molecule has 2 heterocycles. The molecular formula is C17H14ClN5O. The molecule has 0 saturated heterocycles. The van der Waals surface area contributed by atoms with Crippen molar-refractivity contribution in [3.63, 3.8) is 0 Å². The predicted octanol–water partition coefficient (Wildman–Crippen LogP) is 3.20. The summed E-state index contributed by atoms with van der Waals surface area (Å²) in [7, 11) is 0. The summed E-state index contributed by atoms with van der Waals surface area (Å²) < 4.78 is 0. The van der Waals surface area contributed by atoms with E-state index >= 15 is 0 Å². The van der Waals surface area contributed by atoms with Crippen molar-refractivity contribution in [1.29, 1.82) is 0 Å². The molecule has 0 atom stereocenters. The number of pyridine rings is 1. The van der Waals surface area contributed by atoms with Gasteiger partial charge in [-0.05, 0) is 29.8 Å². The Labute approximate surface area is 143 Å². The van der Waals surface area contributed by atoms with Gasteiger partial charge in [-0.2, -0.15) is 0 Å². The summed E-state index contributed by atoms with van der Waals surface area (Å²) >= 11 is 6.10. The highest BCUT2D eigenvalue weighted by Crippen LogP contribution is 2.23. The first kappa shape index (κ1) is 15.9. The Bertz CT molecular complexity index is 841. The quantitative estimate of drug-likeness (QED) is 0.746. The third-order valence-electron chi connectivity index (χ3n) is 3.24. The second-order valence-electron chi connectivity index (χ2n) is 4.93. The lowest BCUT2D eigenvalue weighted by Gasteiger charge is -2.09. The van der Waals surface area contributed by atoms with Crippen LogP contribution in [0.4, 0.5) is 11.5 Å². The van der Waals surface area contributed by atoms with Crippen LogP contribution < -0.4 is 10.6 Å². The number of amides is 1. The molecular weight excluding hydrogens is 326 g/mol. The molecule has 0 aliphatic heterocycles. The average molecular weight is 340 g/mol. The number of para-hydroxylation sites is 1. The van der Waals surface area contributed by atoms with Crippen LogP contribution in [0.5, 0.6) is 0 Å². The van der Waals surface area contributed by atoms with Gasteiger partial charge in [0.1, 0.15) is 17.8 Å². The third-order valence-corrected chi connectivity index (χ3v) is 3.57. The second kappa shape index (κ2) is 7.52. The van der Waals surface area contributed by atoms with Crippen LogP contribution in [0.15, 0.2) is 61.2 Å². The molecule has 0 radical (unpaired) electrons. The Kier molecular flexibility index (Phi) is 4.98. The van der Waals surface area contributed by atoms with Crippen molar-refractivity contribution in [1.82, 2.24) is 20.3 Å². The third kappa shape index (κ3) is 4.05. The van der Waals surface area contributed by atoms with Crippen LogP contribution in [0, 0.1) is 0 Å². The van der Waals surface area contributed by atoms with E-state index in [0.717, 1.165) is 5.56 Å². The summed E-state index contributed by atoms with van der Waals surface area (Å²) in [6.07, 6.45) is 4.69. The van der Waals surface area contributed by atoms with Crippen molar-refractivity contribution >= 4 is 29.0 Å². The molecule has 24 heavy (non-hydrogen) atoms. The van der Waals surface area contributed by atoms with Crippen molar-refractivity contribution < 1.29 is 4.79 Å². The summed E-state index contributed by atoms with van der Waals surface area (Å²) in [5.74, 6) is 0.212. The zero-order valence-electron chi connectivity index (χ0n) is 12.6. The van der Waals surface area contributed by atoms with Crippen LogP contribution in [0.2, 0.25) is 5.02 Å². The molecule has 3 rings (SSSR count). The molecule has 2 aromatic heterocycles. The molecule has 0 aliphatic rings. The van der Waals surface area contributed by atoms with E-state index in [2.05, 4.69) is 25.6 Å². The summed E-state index contributed by atoms with van der Waals surface area (Å²) in [5.41, 5.74) is 1.94. The molecule has 3 aromatic rings. The SMILES string of the molecule is O=C(NCc1ccncc1)c1cc(Nc2ccccc2Cl)ncn1. The first-order chi connectivity index (χ1) is 11.7. The number of carbonyl (C=O) groups excluding carboxylic acids is 1. The van der Waals surface area contributed by atoms with Crippen LogP contribution in [0.1, 0.15) is 16.1 Å². The van der Waals surface area contributed by atoms with Gasteiger partial charge in [0, 0.05) is 25.0 Å². The van der Waals surface area contributed by atoms with Gasteiger partial charge in [-0.15, -0.1) is 0 Å². The second-order valence-corrected chi connectivity index (χ2v) is 5.34. The number of carbonyl (C=O) groups is 1. The Balaban J connectivity index is 1.68. The van der Waals surface area contributed by atoms with Gasteiger partial charge in [-0.25, -0.2) is 9.97 Å². The molecule has 0 spiro atoms. The maximum absolute atomic E-state index is 12.2. The van der Waals surface area contributed by atoms with Crippen LogP contribution in [-0.2, 0) is 6.54 Å². The van der Waals surface area contributed by atoms with Gasteiger partial charge in [-0.3, -0.25) is 9.78 Å². The lowest BCUT2D eigenvalue weighted by atomic mass is 10.2. The number of halogens is 1. The summed E-state index contributed by atoms with van der Waals surface area (Å²) in [5, 5.41) is 6.45. The highest BCUT2D eigenvalue weighted by atomic mass is 35.5. The van der Waals surface area contributed by atoms with E-state index in [1.807, 2.05) is 30.3 Å². The lowest BCUT2D eigenvalue weighted by Crippen LogP contribution is -2.24. The summed E-state index contributed by atoms with van der Waals surface area (Å²) in [6, 6.07) is 12.5. The Morgan fingerprint density at radius 1 is 1.08 bits per heavy atom. The summed E-state index contributed by atoms with van der Waals surface area (Å²) in [4.78, 5) is 24.3. The van der Waals surface area contributed by atoms with Gasteiger partial charge in [0.15, 0.2) is 0 Å². The molecule has 1 aromatic carbocycles. The van der Waals surface area contributed by atoms with E-state index in [1.165, 1.54) is 6.33 Å². The molecule has 6 nitrogen and oxygen atoms in total. The van der Waals surface area contributed by atoms with E-state index in [9.17, 15) is 4.79 Å². The number of hydrogen-bond donors (Lipinski definition) is 2. The van der Waals surface area contributed by atoms with Crippen molar-refractivity contribution in [2.45, 2.75) is 6.54 Å². The molecule has 0 aliphatic carbocycles. The molecule has 0 unspecified atom stereocenters. The fourth-order valence-corrected chi connectivity index (χ4v) is 2.21. The van der Waals surface area contributed by atoms with Crippen molar-refractivity contribution in [3.8, 4) is 0 Å². The molecule has 120 valence electrons. The van der Waals surface area contributed by atoms with E-state index in [-0.39, 0.29) is 11.6 Å². The lowest BCUT2D eigenvalue weighted by molar-refractivity contribution is 0.0946. The van der Waals surface area contributed by atoms with E-state index in [0.29, 0.717) is 23.1 Å². The minimum Gasteiger partial charge on any atom is -0.347 e. The number of aromatic nitrogens is 3. The zero-order chi connectivity index (χ0) is 16.8. The number of nitrogens with one attached hydrogen (secondary N) is 2. The maximum atomic E-state index is 12.2. The van der Waals surface area contributed by atoms with Gasteiger partial charge >= 0.3 is 0 Å². The molecule has 2 N–H and O–H groups in total. The fourth-order valence-electron chi connectivity index (χ4n) is 2.02. The highest BCUT2D eigenvalue weighted by molar-refractivity contribution is 6.33. The predicted molar refractivity (Wildman–Crippen MR) is 92.2 cm³/mol. The van der Waals surface area contributed by atoms with Crippen LogP contribution in [0.3, 0.4) is 0 Å². The number of nitrogens with zero attached hydrogens (tertiary/aromatic N) is 3. The van der Waals surface area contributed by atoms with Crippen LogP contribution >= 0.6 is 11.6 Å². The van der Waals surface area contributed by atoms with Crippen LogP contribution in [0.25, 0.3) is 0 Å². The first-order valence-electron chi connectivity index (χ1n) is 7.23. The molecule has 0 bridgehead atoms. The number of rotatable bonds is 5. The van der Waals surface area contributed by atoms with Crippen molar-refractivity contribution in [2.24, 2.45) is 0 Å². The molecule has 0 fully saturated rings. The Hall–Kier alpha value is -2.99. The van der Waals surface area contributed by atoms with E-state index in [1.54, 1.807) is 24.5 Å². The standard InChI is InChI=1S/C17H14ClN5O/c18-13-3-1-2-4-14(13)23-16-9-15(21-11-22-16)17(24)20-10-12-5-7-19-8-6-12/h1-9,11H,10H2,(H,20,24)(H,21,22,23). The normalized spacial score (nSPS) is 10.2. The molecule has 1 amide bonds. The molecule has 7 heteroatoms. The van der Waals surface area contributed by atoms with Crippen molar-refractivity contribution in [2.75, 3.05) is 5.32 Å². The zero-order valence-corrected chi connectivity index (χ0v) is 13.4. The smallest absolute Gasteiger partial charge is 0.270 e. The van der Waals surface area contributed by atoms with Gasteiger partial charge in [0.25, 0.3) is 5.91 Å². The fraction of sp³-hybridized carbons (Fsp3) is 0.0588. The van der Waals surface area contributed by atoms with Gasteiger partial charge < -0.3 is 10.6 Å². The van der Waals surface area contributed by atoms with Gasteiger partial charge in [-0.1, -0.05) is 23.7 Å². The summed E-state index contributed by atoms with van der Waals surface area (Å²) in [6.45, 7) is 0.401. The number of benzene rings is 1. The van der Waals surface area contributed by atoms with E-state index < -0.39 is 0 Å². The minimum absolute atomic E-state index is 0.272. The Morgan fingerprint density at radius 3 is 2.67 bits per heavy atom. The van der Waals surface area contributed by atoms with Crippen LogP contribution in [-0.4, -0.2) is 20.9 Å². The van der Waals surface area contributed by atoms with Gasteiger partial charge in [0.2, 0.25) is 0 Å². The Morgan fingerprint density at radius 2 is 1.88 bits per heavy atom. The number of anilines is 2.